The molecule has 3 aliphatic rings. The minimum Gasteiger partial charge on any atom is -0.496 e. The summed E-state index contributed by atoms with van der Waals surface area (Å²) in [6.45, 7) is 0. The van der Waals surface area contributed by atoms with E-state index in [1.54, 1.807) is 7.11 Å². The van der Waals surface area contributed by atoms with Gasteiger partial charge in [-0.3, -0.25) is 0 Å². The quantitative estimate of drug-likeness (QED) is 0.823. The van der Waals surface area contributed by atoms with Gasteiger partial charge in [0.2, 0.25) is 0 Å². The van der Waals surface area contributed by atoms with Gasteiger partial charge in [0, 0.05) is 16.8 Å². The highest BCUT2D eigenvalue weighted by Crippen LogP contribution is 2.39. The molecule has 0 radical (unpaired) electrons. The van der Waals surface area contributed by atoms with Crippen LogP contribution in [0, 0.1) is 0 Å². The lowest BCUT2D eigenvalue weighted by Crippen LogP contribution is -2.49. The summed E-state index contributed by atoms with van der Waals surface area (Å²) in [5.41, 5.74) is 6.47. The highest BCUT2D eigenvalue weighted by Gasteiger charge is 2.32. The van der Waals surface area contributed by atoms with E-state index in [1.807, 2.05) is 12.1 Å². The Hall–Kier alpha value is -2.07. The largest absolute Gasteiger partial charge is 0.496 e. The fourth-order valence-electron chi connectivity index (χ4n) is 3.61. The van der Waals surface area contributed by atoms with Crippen LogP contribution in [0.4, 0.5) is 0 Å². The van der Waals surface area contributed by atoms with Gasteiger partial charge < -0.3 is 15.4 Å². The lowest BCUT2D eigenvalue weighted by Gasteiger charge is -2.36. The molecule has 0 saturated carbocycles. The number of hydrogen-bond acceptors (Lipinski definition) is 2. The summed E-state index contributed by atoms with van der Waals surface area (Å²) in [6, 6.07) is 6.46. The van der Waals surface area contributed by atoms with Crippen LogP contribution in [0.1, 0.15) is 24.0 Å². The van der Waals surface area contributed by atoms with Gasteiger partial charge in [-0.15, -0.1) is 0 Å². The third-order valence-electron chi connectivity index (χ3n) is 4.62. The first-order chi connectivity index (χ1) is 10.8. The van der Waals surface area contributed by atoms with E-state index >= 15 is 0 Å². The van der Waals surface area contributed by atoms with Crippen molar-refractivity contribution < 1.29 is 4.74 Å². The molecule has 1 aromatic rings. The maximum Gasteiger partial charge on any atom is 0.171 e. The van der Waals surface area contributed by atoms with E-state index in [9.17, 15) is 0 Å². The van der Waals surface area contributed by atoms with Crippen molar-refractivity contribution in [1.29, 1.82) is 0 Å². The van der Waals surface area contributed by atoms with Crippen LogP contribution in [0.3, 0.4) is 0 Å². The number of thiocarbonyl (C=S) groups is 1. The number of hydrogen-bond donors (Lipinski definition) is 2. The Morgan fingerprint density at radius 3 is 2.95 bits per heavy atom. The lowest BCUT2D eigenvalue weighted by atomic mass is 9.82. The first kappa shape index (κ1) is 13.6. The molecule has 1 unspecified atom stereocenters. The van der Waals surface area contributed by atoms with Crippen molar-refractivity contribution in [2.45, 2.75) is 25.3 Å². The topological polar surface area (TPSA) is 33.3 Å². The van der Waals surface area contributed by atoms with E-state index in [4.69, 9.17) is 17.0 Å². The van der Waals surface area contributed by atoms with Crippen LogP contribution in [0.15, 0.2) is 47.6 Å². The zero-order valence-electron chi connectivity index (χ0n) is 12.5. The van der Waals surface area contributed by atoms with E-state index in [1.165, 1.54) is 28.0 Å². The monoisotopic (exact) mass is 310 g/mol. The second-order valence-electron chi connectivity index (χ2n) is 5.79. The smallest absolute Gasteiger partial charge is 0.171 e. The molecule has 1 aromatic carbocycles. The third kappa shape index (κ3) is 2.06. The van der Waals surface area contributed by atoms with Gasteiger partial charge in [-0.1, -0.05) is 30.4 Å². The minimum atomic E-state index is 0.220. The van der Waals surface area contributed by atoms with Gasteiger partial charge in [-0.25, -0.2) is 0 Å². The molecule has 0 amide bonds. The van der Waals surface area contributed by atoms with Crippen molar-refractivity contribution >= 4 is 23.0 Å². The second kappa shape index (κ2) is 5.29. The molecule has 4 heteroatoms. The fraction of sp³-hybridized carbons (Fsp3) is 0.278. The average Bonchev–Trinajstić information content (AvgIpc) is 3.07. The Morgan fingerprint density at radius 1 is 1.27 bits per heavy atom. The van der Waals surface area contributed by atoms with E-state index in [0.29, 0.717) is 5.11 Å². The normalized spacial score (nSPS) is 22.5. The zero-order chi connectivity index (χ0) is 15.1. The summed E-state index contributed by atoms with van der Waals surface area (Å²) in [5.74, 6) is 0.966. The molecule has 0 saturated heterocycles. The number of allylic oxidation sites excluding steroid dienone is 3. The highest BCUT2D eigenvalue weighted by atomic mass is 32.1. The van der Waals surface area contributed by atoms with Crippen molar-refractivity contribution in [1.82, 2.24) is 10.6 Å². The summed E-state index contributed by atoms with van der Waals surface area (Å²) < 4.78 is 5.53. The van der Waals surface area contributed by atoms with Crippen molar-refractivity contribution in [3.8, 4) is 5.75 Å². The molecule has 0 spiro atoms. The van der Waals surface area contributed by atoms with Crippen LogP contribution in [0.5, 0.6) is 5.75 Å². The predicted molar refractivity (Wildman–Crippen MR) is 92.7 cm³/mol. The van der Waals surface area contributed by atoms with Gasteiger partial charge in [0.15, 0.2) is 5.11 Å². The van der Waals surface area contributed by atoms with Crippen LogP contribution < -0.4 is 15.4 Å². The summed E-state index contributed by atoms with van der Waals surface area (Å²) in [4.78, 5) is 0. The molecule has 1 aliphatic heterocycles. The molecule has 0 bridgehead atoms. The number of nitrogens with one attached hydrogen (secondary N) is 2. The molecule has 3 nitrogen and oxygen atoms in total. The maximum absolute atomic E-state index is 5.53. The Bertz CT molecular complexity index is 745. The van der Waals surface area contributed by atoms with Gasteiger partial charge in [0.1, 0.15) is 5.75 Å². The van der Waals surface area contributed by atoms with Crippen LogP contribution in [-0.4, -0.2) is 18.3 Å². The molecule has 1 atom stereocenters. The van der Waals surface area contributed by atoms with Crippen LogP contribution in [-0.2, 0) is 6.42 Å². The summed E-state index contributed by atoms with van der Waals surface area (Å²) in [5, 5.41) is 7.52. The molecule has 4 rings (SSSR count). The van der Waals surface area contributed by atoms with E-state index < -0.39 is 0 Å². The van der Waals surface area contributed by atoms with Gasteiger partial charge in [-0.05, 0) is 48.7 Å². The van der Waals surface area contributed by atoms with Gasteiger partial charge in [-0.2, -0.15) is 0 Å². The van der Waals surface area contributed by atoms with E-state index in [0.717, 1.165) is 25.0 Å². The molecule has 22 heavy (non-hydrogen) atoms. The molecule has 0 fully saturated rings. The number of fused-ring (bicyclic) bond motifs is 2. The Labute approximate surface area is 135 Å². The number of rotatable bonds is 2. The van der Waals surface area contributed by atoms with Crippen molar-refractivity contribution in [3.05, 3.63) is 58.7 Å². The standard InChI is InChI=1S/C18H18N2OS/c1-21-15-8-4-7-13-12(15)9-10-14-16(11-5-2-3-6-11)19-18(22)20-17(13)14/h2-5,7-8,16H,6,9-10H2,1H3,(H2,19,20,22). The molecule has 0 aromatic heterocycles. The van der Waals surface area contributed by atoms with Gasteiger partial charge in [0.25, 0.3) is 0 Å². The zero-order valence-corrected chi connectivity index (χ0v) is 13.3. The third-order valence-corrected chi connectivity index (χ3v) is 4.84. The Morgan fingerprint density at radius 2 is 2.18 bits per heavy atom. The Kier molecular flexibility index (Phi) is 3.26. The number of benzene rings is 1. The summed E-state index contributed by atoms with van der Waals surface area (Å²) in [7, 11) is 1.73. The molecule has 2 N–H and O–H groups in total. The summed E-state index contributed by atoms with van der Waals surface area (Å²) >= 11 is 5.44. The molecule has 1 heterocycles. The van der Waals surface area contributed by atoms with Crippen molar-refractivity contribution in [2.75, 3.05) is 7.11 Å². The fourth-order valence-corrected chi connectivity index (χ4v) is 3.83. The molecule has 2 aliphatic carbocycles. The van der Waals surface area contributed by atoms with Crippen LogP contribution >= 0.6 is 12.2 Å². The number of ether oxygens (including phenoxy) is 1. The molecular weight excluding hydrogens is 292 g/mol. The van der Waals surface area contributed by atoms with Crippen molar-refractivity contribution in [3.63, 3.8) is 0 Å². The van der Waals surface area contributed by atoms with E-state index in [-0.39, 0.29) is 6.04 Å². The SMILES string of the molecule is COc1cccc2c1CCC1=C2NC(=S)NC1C1=CC=CC1. The lowest BCUT2D eigenvalue weighted by molar-refractivity contribution is 0.408. The van der Waals surface area contributed by atoms with Gasteiger partial charge in [0.05, 0.1) is 13.2 Å². The van der Waals surface area contributed by atoms with Crippen LogP contribution in [0.25, 0.3) is 5.70 Å². The average molecular weight is 310 g/mol. The van der Waals surface area contributed by atoms with E-state index in [2.05, 4.69) is 34.9 Å². The first-order valence-electron chi connectivity index (χ1n) is 7.60. The van der Waals surface area contributed by atoms with Crippen LogP contribution in [0.2, 0.25) is 0 Å². The Balaban J connectivity index is 1.83. The number of methoxy groups -OCH3 is 1. The summed E-state index contributed by atoms with van der Waals surface area (Å²) in [6.07, 6.45) is 9.56. The maximum atomic E-state index is 5.53. The van der Waals surface area contributed by atoms with Gasteiger partial charge >= 0.3 is 0 Å². The first-order valence-corrected chi connectivity index (χ1v) is 8.01. The highest BCUT2D eigenvalue weighted by molar-refractivity contribution is 7.80. The molecular formula is C18H18N2OS. The minimum absolute atomic E-state index is 0.220. The predicted octanol–water partition coefficient (Wildman–Crippen LogP) is 3.09. The molecule has 112 valence electrons. The van der Waals surface area contributed by atoms with Crippen molar-refractivity contribution in [2.24, 2.45) is 0 Å². The second-order valence-corrected chi connectivity index (χ2v) is 6.20.